The lowest BCUT2D eigenvalue weighted by molar-refractivity contribution is 0.260. The van der Waals surface area contributed by atoms with E-state index < -0.39 is 0 Å². The van der Waals surface area contributed by atoms with Crippen LogP contribution in [0.3, 0.4) is 0 Å². The number of hydrogen-bond donors (Lipinski definition) is 0. The predicted molar refractivity (Wildman–Crippen MR) is 68.3 cm³/mol. The van der Waals surface area contributed by atoms with Gasteiger partial charge in [-0.25, -0.2) is 4.98 Å². The zero-order valence-corrected chi connectivity index (χ0v) is 10.3. The number of pyridine rings is 1. The number of imidazole rings is 1. The third kappa shape index (κ3) is 1.24. The molecular formula is C15H18N2. The van der Waals surface area contributed by atoms with Gasteiger partial charge < -0.3 is 4.40 Å². The van der Waals surface area contributed by atoms with Crippen LogP contribution in [0.4, 0.5) is 0 Å². The molecular weight excluding hydrogens is 208 g/mol. The van der Waals surface area contributed by atoms with Crippen LogP contribution in [0.1, 0.15) is 48.4 Å². The first-order valence-electron chi connectivity index (χ1n) is 6.80. The van der Waals surface area contributed by atoms with E-state index in [1.54, 1.807) is 5.56 Å². The molecule has 88 valence electrons. The van der Waals surface area contributed by atoms with Gasteiger partial charge in [0.1, 0.15) is 5.65 Å². The average Bonchev–Trinajstić information content (AvgIpc) is 2.83. The summed E-state index contributed by atoms with van der Waals surface area (Å²) in [6.45, 7) is 2.19. The summed E-state index contributed by atoms with van der Waals surface area (Å²) in [5, 5.41) is 0. The first-order valence-corrected chi connectivity index (χ1v) is 6.80. The largest absolute Gasteiger partial charge is 0.304 e. The van der Waals surface area contributed by atoms with Gasteiger partial charge in [0.25, 0.3) is 0 Å². The Bertz CT molecular complexity index is 578. The van der Waals surface area contributed by atoms with E-state index in [0.29, 0.717) is 0 Å². The number of aryl methyl sites for hydroxylation is 2. The van der Waals surface area contributed by atoms with Crippen molar-refractivity contribution in [3.8, 4) is 0 Å². The van der Waals surface area contributed by atoms with Crippen molar-refractivity contribution in [2.75, 3.05) is 0 Å². The third-order valence-electron chi connectivity index (χ3n) is 4.80. The fraction of sp³-hybridized carbons (Fsp3) is 0.533. The van der Waals surface area contributed by atoms with E-state index in [-0.39, 0.29) is 0 Å². The quantitative estimate of drug-likeness (QED) is 0.727. The van der Waals surface area contributed by atoms with Crippen LogP contribution >= 0.6 is 0 Å². The molecule has 1 unspecified atom stereocenters. The molecule has 2 nitrogen and oxygen atoms in total. The highest BCUT2D eigenvalue weighted by molar-refractivity contribution is 5.53. The minimum atomic E-state index is 0.837. The summed E-state index contributed by atoms with van der Waals surface area (Å²) >= 11 is 0. The van der Waals surface area contributed by atoms with Crippen LogP contribution in [0, 0.1) is 12.8 Å². The van der Waals surface area contributed by atoms with Crippen LogP contribution in [-0.4, -0.2) is 9.38 Å². The third-order valence-corrected chi connectivity index (χ3v) is 4.80. The van der Waals surface area contributed by atoms with Crippen LogP contribution in [0.2, 0.25) is 0 Å². The van der Waals surface area contributed by atoms with Gasteiger partial charge in [0.15, 0.2) is 0 Å². The Morgan fingerprint density at radius 2 is 2.18 bits per heavy atom. The molecule has 0 aliphatic heterocycles. The molecule has 0 aromatic carbocycles. The lowest BCUT2D eigenvalue weighted by atomic mass is 9.73. The van der Waals surface area contributed by atoms with Gasteiger partial charge in [-0.15, -0.1) is 0 Å². The first kappa shape index (κ1) is 9.69. The van der Waals surface area contributed by atoms with Crippen LogP contribution in [0.5, 0.6) is 0 Å². The highest BCUT2D eigenvalue weighted by Crippen LogP contribution is 2.46. The highest BCUT2D eigenvalue weighted by Gasteiger charge is 2.34. The standard InChI is InChI=1S/C15H18N2/c1-10-9-13-12(11-3-2-4-11)5-6-14(13)17-8-7-16-15(10)17/h7-9,11-12H,2-6H2,1H3. The molecule has 0 N–H and O–H groups in total. The molecule has 0 spiro atoms. The maximum atomic E-state index is 4.46. The summed E-state index contributed by atoms with van der Waals surface area (Å²) in [5.41, 5.74) is 5.63. The van der Waals surface area contributed by atoms with Crippen molar-refractivity contribution >= 4 is 5.65 Å². The summed E-state index contributed by atoms with van der Waals surface area (Å²) < 4.78 is 2.32. The number of aromatic nitrogens is 2. The molecule has 2 heterocycles. The Morgan fingerprint density at radius 1 is 1.29 bits per heavy atom. The topological polar surface area (TPSA) is 17.3 Å². The summed E-state index contributed by atoms with van der Waals surface area (Å²) in [5.74, 6) is 1.81. The molecule has 1 fully saturated rings. The molecule has 17 heavy (non-hydrogen) atoms. The fourth-order valence-electron chi connectivity index (χ4n) is 3.70. The molecule has 2 aliphatic rings. The lowest BCUT2D eigenvalue weighted by Crippen LogP contribution is -2.18. The molecule has 4 rings (SSSR count). The van der Waals surface area contributed by atoms with Crippen molar-refractivity contribution < 1.29 is 0 Å². The highest BCUT2D eigenvalue weighted by atomic mass is 15.0. The smallest absolute Gasteiger partial charge is 0.139 e. The van der Waals surface area contributed by atoms with Crippen molar-refractivity contribution in [1.82, 2.24) is 9.38 Å². The second-order valence-electron chi connectivity index (χ2n) is 5.69. The fourth-order valence-corrected chi connectivity index (χ4v) is 3.70. The lowest BCUT2D eigenvalue weighted by Gasteiger charge is -2.32. The van der Waals surface area contributed by atoms with Gasteiger partial charge in [-0.1, -0.05) is 12.5 Å². The molecule has 0 amide bonds. The van der Waals surface area contributed by atoms with E-state index in [1.165, 1.54) is 43.4 Å². The average molecular weight is 226 g/mol. The van der Waals surface area contributed by atoms with Gasteiger partial charge >= 0.3 is 0 Å². The Hall–Kier alpha value is -1.31. The summed E-state index contributed by atoms with van der Waals surface area (Å²) in [6, 6.07) is 2.41. The minimum absolute atomic E-state index is 0.837. The molecule has 1 atom stereocenters. The monoisotopic (exact) mass is 226 g/mol. The van der Waals surface area contributed by atoms with Crippen LogP contribution in [-0.2, 0) is 6.42 Å². The summed E-state index contributed by atoms with van der Waals surface area (Å²) in [6.07, 6.45) is 11.0. The van der Waals surface area contributed by atoms with E-state index >= 15 is 0 Å². The second kappa shape index (κ2) is 3.34. The predicted octanol–water partition coefficient (Wildman–Crippen LogP) is 3.47. The Labute approximate surface area is 102 Å². The van der Waals surface area contributed by atoms with E-state index in [1.807, 2.05) is 6.20 Å². The van der Waals surface area contributed by atoms with Gasteiger partial charge in [-0.2, -0.15) is 0 Å². The van der Waals surface area contributed by atoms with Gasteiger partial charge in [0.2, 0.25) is 0 Å². The second-order valence-corrected chi connectivity index (χ2v) is 5.69. The van der Waals surface area contributed by atoms with E-state index in [9.17, 15) is 0 Å². The Kier molecular flexibility index (Phi) is 1.91. The zero-order valence-electron chi connectivity index (χ0n) is 10.3. The van der Waals surface area contributed by atoms with E-state index in [0.717, 1.165) is 17.5 Å². The normalized spacial score (nSPS) is 23.9. The van der Waals surface area contributed by atoms with Crippen molar-refractivity contribution in [3.05, 3.63) is 35.3 Å². The van der Waals surface area contributed by atoms with Gasteiger partial charge in [-0.3, -0.25) is 0 Å². The number of rotatable bonds is 1. The molecule has 2 aromatic heterocycles. The van der Waals surface area contributed by atoms with Crippen LogP contribution < -0.4 is 0 Å². The van der Waals surface area contributed by atoms with Gasteiger partial charge in [-0.05, 0) is 55.6 Å². The van der Waals surface area contributed by atoms with Gasteiger partial charge in [0.05, 0.1) is 0 Å². The van der Waals surface area contributed by atoms with Crippen LogP contribution in [0.25, 0.3) is 5.65 Å². The van der Waals surface area contributed by atoms with Crippen molar-refractivity contribution in [3.63, 3.8) is 0 Å². The number of nitrogens with zero attached hydrogens (tertiary/aromatic N) is 2. The zero-order chi connectivity index (χ0) is 11.4. The first-order chi connectivity index (χ1) is 8.34. The molecule has 2 aliphatic carbocycles. The molecule has 2 heteroatoms. The molecule has 1 saturated carbocycles. The Balaban J connectivity index is 1.90. The maximum Gasteiger partial charge on any atom is 0.139 e. The maximum absolute atomic E-state index is 4.46. The minimum Gasteiger partial charge on any atom is -0.304 e. The van der Waals surface area contributed by atoms with Crippen molar-refractivity contribution in [2.45, 2.75) is 44.9 Å². The van der Waals surface area contributed by atoms with Crippen molar-refractivity contribution in [1.29, 1.82) is 0 Å². The molecule has 0 radical (unpaired) electrons. The number of fused-ring (bicyclic) bond motifs is 3. The SMILES string of the molecule is Cc1cc2c(n3ccnc13)CCC2C1CCC1. The summed E-state index contributed by atoms with van der Waals surface area (Å²) in [4.78, 5) is 4.46. The molecule has 2 aromatic rings. The Morgan fingerprint density at radius 3 is 2.94 bits per heavy atom. The van der Waals surface area contributed by atoms with Crippen LogP contribution in [0.15, 0.2) is 18.5 Å². The van der Waals surface area contributed by atoms with Gasteiger partial charge in [0, 0.05) is 18.1 Å². The van der Waals surface area contributed by atoms with E-state index in [2.05, 4.69) is 28.6 Å². The van der Waals surface area contributed by atoms with E-state index in [4.69, 9.17) is 0 Å². The molecule has 0 bridgehead atoms. The summed E-state index contributed by atoms with van der Waals surface area (Å²) in [7, 11) is 0. The number of hydrogen-bond acceptors (Lipinski definition) is 1. The molecule has 0 saturated heterocycles. The van der Waals surface area contributed by atoms with Crippen molar-refractivity contribution in [2.24, 2.45) is 5.92 Å².